The molecule has 2 atom stereocenters. The summed E-state index contributed by atoms with van der Waals surface area (Å²) in [6, 6.07) is 21.2. The summed E-state index contributed by atoms with van der Waals surface area (Å²) in [5, 5.41) is 2.51. The first-order valence-electron chi connectivity index (χ1n) is 9.14. The van der Waals surface area contributed by atoms with E-state index in [4.69, 9.17) is 4.43 Å². The molecule has 1 saturated carbocycles. The lowest BCUT2D eigenvalue weighted by atomic mass is 9.74. The van der Waals surface area contributed by atoms with Crippen LogP contribution in [0.25, 0.3) is 0 Å². The Morgan fingerprint density at radius 2 is 1.44 bits per heavy atom. The molecular weight excluding hydrogens is 324 g/mol. The number of benzene rings is 2. The minimum Gasteiger partial charge on any atom is -0.407 e. The van der Waals surface area contributed by atoms with Gasteiger partial charge < -0.3 is 4.43 Å². The van der Waals surface area contributed by atoms with Gasteiger partial charge in [-0.15, -0.1) is 0 Å². The van der Waals surface area contributed by atoms with Crippen LogP contribution in [0.15, 0.2) is 60.7 Å². The molecule has 2 aromatic rings. The monoisotopic (exact) mass is 352 g/mol. The third-order valence-corrected chi connectivity index (χ3v) is 10.5. The van der Waals surface area contributed by atoms with Crippen molar-refractivity contribution in [2.75, 3.05) is 6.61 Å². The second kappa shape index (κ2) is 6.89. The quantitative estimate of drug-likeness (QED) is 0.765. The van der Waals surface area contributed by atoms with E-state index in [0.29, 0.717) is 24.7 Å². The van der Waals surface area contributed by atoms with E-state index < -0.39 is 8.32 Å². The number of hydrogen-bond donors (Lipinski definition) is 0. The Kier molecular flexibility index (Phi) is 4.98. The molecule has 1 aliphatic rings. The van der Waals surface area contributed by atoms with Gasteiger partial charge in [-0.3, -0.25) is 4.79 Å². The van der Waals surface area contributed by atoms with E-state index in [1.54, 1.807) is 0 Å². The fraction of sp³-hybridized carbons (Fsp3) is 0.409. The molecule has 3 heteroatoms. The smallest absolute Gasteiger partial charge is 0.261 e. The van der Waals surface area contributed by atoms with Gasteiger partial charge in [0.25, 0.3) is 8.32 Å². The number of carbonyl (C=O) groups is 1. The van der Waals surface area contributed by atoms with Crippen LogP contribution < -0.4 is 10.4 Å². The zero-order chi connectivity index (χ0) is 18.1. The van der Waals surface area contributed by atoms with Gasteiger partial charge in [0.05, 0.1) is 0 Å². The van der Waals surface area contributed by atoms with Gasteiger partial charge >= 0.3 is 0 Å². The molecule has 0 saturated heterocycles. The summed E-state index contributed by atoms with van der Waals surface area (Å²) in [5.74, 6) is 0.845. The van der Waals surface area contributed by atoms with Crippen molar-refractivity contribution in [1.29, 1.82) is 0 Å². The summed E-state index contributed by atoms with van der Waals surface area (Å²) in [5.41, 5.74) is 0. The standard InChI is InChI=1S/C22H28O2Si/c1-17-15-21(23)20(17)16-24-25(22(2,3)4,18-11-7-5-8-12-18)19-13-9-6-10-14-19/h5-14,17,20H,15-16H2,1-4H3/t17-,20-/m1/s1. The Labute approximate surface area is 152 Å². The molecule has 0 unspecified atom stereocenters. The van der Waals surface area contributed by atoms with E-state index in [2.05, 4.69) is 76.2 Å². The predicted octanol–water partition coefficient (Wildman–Crippen LogP) is 3.79. The average molecular weight is 353 g/mol. The third-order valence-electron chi connectivity index (χ3n) is 5.52. The first-order valence-corrected chi connectivity index (χ1v) is 11.0. The highest BCUT2D eigenvalue weighted by Gasteiger charge is 2.51. The van der Waals surface area contributed by atoms with Crippen LogP contribution in [0.4, 0.5) is 0 Å². The maximum absolute atomic E-state index is 12.0. The van der Waals surface area contributed by atoms with Gasteiger partial charge in [-0.2, -0.15) is 0 Å². The highest BCUT2D eigenvalue weighted by molar-refractivity contribution is 6.99. The molecule has 1 fully saturated rings. The van der Waals surface area contributed by atoms with Crippen LogP contribution in [0.2, 0.25) is 5.04 Å². The Bertz CT molecular complexity index is 679. The zero-order valence-electron chi connectivity index (χ0n) is 15.7. The Hall–Kier alpha value is -1.71. The van der Waals surface area contributed by atoms with Crippen molar-refractivity contribution in [3.63, 3.8) is 0 Å². The highest BCUT2D eigenvalue weighted by Crippen LogP contribution is 2.38. The highest BCUT2D eigenvalue weighted by atomic mass is 28.4. The molecule has 0 aromatic heterocycles. The molecule has 25 heavy (non-hydrogen) atoms. The minimum atomic E-state index is -2.51. The lowest BCUT2D eigenvalue weighted by molar-refractivity contribution is -0.135. The number of rotatable bonds is 5. The van der Waals surface area contributed by atoms with Gasteiger partial charge in [0.15, 0.2) is 0 Å². The van der Waals surface area contributed by atoms with Gasteiger partial charge in [-0.25, -0.2) is 0 Å². The molecule has 0 amide bonds. The number of Topliss-reactive ketones (excluding diaryl/α,β-unsaturated/α-hetero) is 1. The molecular formula is C22H28O2Si. The average Bonchev–Trinajstić information content (AvgIpc) is 2.59. The van der Waals surface area contributed by atoms with E-state index in [1.807, 2.05) is 12.1 Å². The normalized spacial score (nSPS) is 21.0. The Morgan fingerprint density at radius 1 is 0.960 bits per heavy atom. The molecule has 0 radical (unpaired) electrons. The van der Waals surface area contributed by atoms with Crippen LogP contribution in [0, 0.1) is 11.8 Å². The van der Waals surface area contributed by atoms with E-state index in [0.717, 1.165) is 0 Å². The first kappa shape index (κ1) is 18.1. The molecule has 2 aromatic carbocycles. The number of ketones is 1. The molecule has 0 heterocycles. The van der Waals surface area contributed by atoms with Crippen molar-refractivity contribution < 1.29 is 9.22 Å². The maximum atomic E-state index is 12.0. The largest absolute Gasteiger partial charge is 0.407 e. The Morgan fingerprint density at radius 3 is 1.80 bits per heavy atom. The second-order valence-electron chi connectivity index (χ2n) is 8.23. The summed E-state index contributed by atoms with van der Waals surface area (Å²) in [7, 11) is -2.51. The molecule has 0 bridgehead atoms. The lowest BCUT2D eigenvalue weighted by Crippen LogP contribution is -2.67. The summed E-state index contributed by atoms with van der Waals surface area (Å²) in [4.78, 5) is 12.0. The Balaban J connectivity index is 2.07. The van der Waals surface area contributed by atoms with E-state index in [1.165, 1.54) is 10.4 Å². The van der Waals surface area contributed by atoms with Crippen LogP contribution in [-0.4, -0.2) is 20.7 Å². The fourth-order valence-electron chi connectivity index (χ4n) is 4.00. The van der Waals surface area contributed by atoms with Crippen molar-refractivity contribution >= 4 is 24.5 Å². The summed E-state index contributed by atoms with van der Waals surface area (Å²) >= 11 is 0. The predicted molar refractivity (Wildman–Crippen MR) is 106 cm³/mol. The minimum absolute atomic E-state index is 0.0360. The van der Waals surface area contributed by atoms with Crippen molar-refractivity contribution in [1.82, 2.24) is 0 Å². The van der Waals surface area contributed by atoms with Crippen LogP contribution in [0.3, 0.4) is 0 Å². The molecule has 0 aliphatic heterocycles. The third kappa shape index (κ3) is 3.23. The summed E-state index contributed by atoms with van der Waals surface area (Å²) in [6.45, 7) is 9.50. The van der Waals surface area contributed by atoms with Crippen molar-refractivity contribution in [2.24, 2.45) is 11.8 Å². The van der Waals surface area contributed by atoms with Crippen molar-refractivity contribution in [2.45, 2.75) is 39.2 Å². The first-order chi connectivity index (χ1) is 11.9. The number of hydrogen-bond acceptors (Lipinski definition) is 2. The van der Waals surface area contributed by atoms with E-state index in [-0.39, 0.29) is 11.0 Å². The van der Waals surface area contributed by atoms with Gasteiger partial charge in [-0.05, 0) is 21.3 Å². The van der Waals surface area contributed by atoms with E-state index in [9.17, 15) is 4.79 Å². The topological polar surface area (TPSA) is 26.3 Å². The molecule has 132 valence electrons. The molecule has 1 aliphatic carbocycles. The van der Waals surface area contributed by atoms with E-state index >= 15 is 0 Å². The molecule has 3 rings (SSSR count). The van der Waals surface area contributed by atoms with Crippen LogP contribution in [-0.2, 0) is 9.22 Å². The van der Waals surface area contributed by atoms with Crippen LogP contribution in [0.5, 0.6) is 0 Å². The van der Waals surface area contributed by atoms with Crippen molar-refractivity contribution in [3.8, 4) is 0 Å². The second-order valence-corrected chi connectivity index (χ2v) is 12.5. The lowest BCUT2D eigenvalue weighted by Gasteiger charge is -2.45. The summed E-state index contributed by atoms with van der Waals surface area (Å²) in [6.07, 6.45) is 0.703. The number of carbonyl (C=O) groups excluding carboxylic acids is 1. The molecule has 2 nitrogen and oxygen atoms in total. The van der Waals surface area contributed by atoms with Gasteiger partial charge in [0.2, 0.25) is 0 Å². The van der Waals surface area contributed by atoms with Crippen molar-refractivity contribution in [3.05, 3.63) is 60.7 Å². The zero-order valence-corrected chi connectivity index (χ0v) is 16.7. The van der Waals surface area contributed by atoms with Gasteiger partial charge in [-0.1, -0.05) is 88.4 Å². The fourth-order valence-corrected chi connectivity index (χ4v) is 8.59. The molecule has 0 N–H and O–H groups in total. The SMILES string of the molecule is C[C@@H]1CC(=O)[C@@H]1CO[Si](c1ccccc1)(c1ccccc1)C(C)(C)C. The van der Waals surface area contributed by atoms with Crippen LogP contribution >= 0.6 is 0 Å². The molecule has 0 spiro atoms. The maximum Gasteiger partial charge on any atom is 0.261 e. The summed E-state index contributed by atoms with van der Waals surface area (Å²) < 4.78 is 6.83. The van der Waals surface area contributed by atoms with Crippen LogP contribution in [0.1, 0.15) is 34.1 Å². The van der Waals surface area contributed by atoms with Gasteiger partial charge in [0.1, 0.15) is 5.78 Å². The van der Waals surface area contributed by atoms with Gasteiger partial charge in [0, 0.05) is 18.9 Å².